The highest BCUT2D eigenvalue weighted by atomic mass is 32.2. The molecule has 0 radical (unpaired) electrons. The molecule has 3 aromatic carbocycles. The number of carbonyl (C=O) groups excluding carboxylic acids is 1. The Bertz CT molecular complexity index is 1130. The average Bonchev–Trinajstić information content (AvgIpc) is 2.74. The first-order chi connectivity index (χ1) is 14.3. The van der Waals surface area contributed by atoms with Crippen molar-refractivity contribution in [2.45, 2.75) is 24.8 Å². The molecule has 2 N–H and O–H groups in total. The van der Waals surface area contributed by atoms with E-state index in [1.54, 1.807) is 30.3 Å². The predicted molar refractivity (Wildman–Crippen MR) is 117 cm³/mol. The topological polar surface area (TPSA) is 84.5 Å². The van der Waals surface area contributed by atoms with Crippen molar-refractivity contribution in [3.63, 3.8) is 0 Å². The van der Waals surface area contributed by atoms with Gasteiger partial charge in [-0.1, -0.05) is 36.4 Å². The summed E-state index contributed by atoms with van der Waals surface area (Å²) in [5, 5.41) is 2.92. The minimum atomic E-state index is -3.88. The number of ether oxygens (including phenoxy) is 1. The van der Waals surface area contributed by atoms with Crippen molar-refractivity contribution in [1.29, 1.82) is 0 Å². The first-order valence-corrected chi connectivity index (χ1v) is 10.9. The van der Waals surface area contributed by atoms with Gasteiger partial charge in [0.1, 0.15) is 5.75 Å². The highest BCUT2D eigenvalue weighted by Gasteiger charge is 2.20. The summed E-state index contributed by atoms with van der Waals surface area (Å²) in [6.07, 6.45) is 0. The van der Waals surface area contributed by atoms with Gasteiger partial charge in [-0.05, 0) is 61.4 Å². The van der Waals surface area contributed by atoms with Crippen LogP contribution in [0.15, 0.2) is 77.7 Å². The molecule has 0 aliphatic heterocycles. The lowest BCUT2D eigenvalue weighted by Crippen LogP contribution is -2.28. The van der Waals surface area contributed by atoms with Crippen molar-refractivity contribution < 1.29 is 17.9 Å². The van der Waals surface area contributed by atoms with Gasteiger partial charge in [0.15, 0.2) is 0 Å². The maximum absolute atomic E-state index is 12.9. The molecule has 0 fully saturated rings. The summed E-state index contributed by atoms with van der Waals surface area (Å²) < 4.78 is 33.3. The van der Waals surface area contributed by atoms with Gasteiger partial charge >= 0.3 is 0 Å². The number of nitrogens with one attached hydrogen (secondary N) is 2. The van der Waals surface area contributed by atoms with Gasteiger partial charge in [-0.25, -0.2) is 8.42 Å². The minimum absolute atomic E-state index is 0.0776. The van der Waals surface area contributed by atoms with Crippen LogP contribution in [0.4, 0.5) is 5.69 Å². The van der Waals surface area contributed by atoms with E-state index in [4.69, 9.17) is 4.74 Å². The van der Waals surface area contributed by atoms with E-state index in [9.17, 15) is 13.2 Å². The molecule has 0 aliphatic rings. The van der Waals surface area contributed by atoms with Crippen molar-refractivity contribution in [2.24, 2.45) is 0 Å². The number of methoxy groups -OCH3 is 1. The Kier molecular flexibility index (Phi) is 6.42. The molecule has 0 saturated carbocycles. The molecule has 0 aliphatic carbocycles. The van der Waals surface area contributed by atoms with Crippen LogP contribution in [-0.4, -0.2) is 21.4 Å². The van der Waals surface area contributed by atoms with Crippen LogP contribution in [0, 0.1) is 6.92 Å². The maximum Gasteiger partial charge on any atom is 0.261 e. The molecule has 3 aromatic rings. The van der Waals surface area contributed by atoms with E-state index in [1.807, 2.05) is 44.2 Å². The van der Waals surface area contributed by atoms with Crippen LogP contribution in [0.5, 0.6) is 5.75 Å². The Hall–Kier alpha value is -3.32. The third kappa shape index (κ3) is 4.99. The van der Waals surface area contributed by atoms with Gasteiger partial charge < -0.3 is 10.1 Å². The summed E-state index contributed by atoms with van der Waals surface area (Å²) in [4.78, 5) is 13.0. The monoisotopic (exact) mass is 424 g/mol. The molecule has 0 spiro atoms. The van der Waals surface area contributed by atoms with Gasteiger partial charge in [-0.2, -0.15) is 0 Å². The van der Waals surface area contributed by atoms with Crippen LogP contribution < -0.4 is 14.8 Å². The zero-order valence-corrected chi connectivity index (χ0v) is 17.9. The maximum atomic E-state index is 12.9. The molecule has 1 unspecified atom stereocenters. The summed E-state index contributed by atoms with van der Waals surface area (Å²) in [5.41, 5.74) is 2.26. The van der Waals surface area contributed by atoms with Crippen molar-refractivity contribution >= 4 is 21.6 Å². The number of aryl methyl sites for hydroxylation is 1. The van der Waals surface area contributed by atoms with E-state index >= 15 is 0 Å². The van der Waals surface area contributed by atoms with Gasteiger partial charge in [-0.3, -0.25) is 9.52 Å². The summed E-state index contributed by atoms with van der Waals surface area (Å²) in [5.74, 6) is 0.193. The number of anilines is 1. The Morgan fingerprint density at radius 2 is 1.63 bits per heavy atom. The number of sulfonamides is 1. The predicted octanol–water partition coefficient (Wildman–Crippen LogP) is 4.30. The number of hydrogen-bond acceptors (Lipinski definition) is 4. The highest BCUT2D eigenvalue weighted by Crippen LogP contribution is 2.24. The van der Waals surface area contributed by atoms with Crippen LogP contribution in [0.2, 0.25) is 0 Å². The molecule has 1 atom stereocenters. The number of benzene rings is 3. The number of carbonyl (C=O) groups is 1. The quantitative estimate of drug-likeness (QED) is 0.592. The lowest BCUT2D eigenvalue weighted by atomic mass is 10.1. The number of rotatable bonds is 7. The summed E-state index contributed by atoms with van der Waals surface area (Å²) in [6, 6.07) is 20.4. The summed E-state index contributed by atoms with van der Waals surface area (Å²) in [6.45, 7) is 3.71. The van der Waals surface area contributed by atoms with Crippen molar-refractivity contribution in [3.05, 3.63) is 89.5 Å². The average molecular weight is 425 g/mol. The van der Waals surface area contributed by atoms with Crippen LogP contribution >= 0.6 is 0 Å². The van der Waals surface area contributed by atoms with E-state index < -0.39 is 10.0 Å². The van der Waals surface area contributed by atoms with Crippen LogP contribution in [0.1, 0.15) is 34.5 Å². The van der Waals surface area contributed by atoms with Crippen LogP contribution in [0.25, 0.3) is 0 Å². The van der Waals surface area contributed by atoms with E-state index in [-0.39, 0.29) is 28.1 Å². The third-order valence-electron chi connectivity index (χ3n) is 4.68. The molecule has 1 amide bonds. The zero-order chi connectivity index (χ0) is 21.7. The molecule has 156 valence electrons. The Morgan fingerprint density at radius 1 is 0.967 bits per heavy atom. The second kappa shape index (κ2) is 9.00. The standard InChI is InChI=1S/C23H24N2O4S/c1-16-9-14-21(23(26)24-17(2)18-7-5-4-6-8-18)22(15-16)25-30(27,28)20-12-10-19(29-3)11-13-20/h4-15,17,25H,1-3H3,(H,24,26). The normalized spacial score (nSPS) is 12.1. The van der Waals surface area contributed by atoms with Crippen molar-refractivity contribution in [2.75, 3.05) is 11.8 Å². The van der Waals surface area contributed by atoms with Gasteiger partial charge in [0.05, 0.1) is 29.3 Å². The minimum Gasteiger partial charge on any atom is -0.497 e. The molecule has 6 nitrogen and oxygen atoms in total. The smallest absolute Gasteiger partial charge is 0.261 e. The van der Waals surface area contributed by atoms with E-state index in [2.05, 4.69) is 10.0 Å². The van der Waals surface area contributed by atoms with E-state index in [1.165, 1.54) is 19.2 Å². The fraction of sp³-hybridized carbons (Fsp3) is 0.174. The molecule has 0 heterocycles. The molecule has 0 aromatic heterocycles. The van der Waals surface area contributed by atoms with E-state index in [0.717, 1.165) is 11.1 Å². The first-order valence-electron chi connectivity index (χ1n) is 9.43. The highest BCUT2D eigenvalue weighted by molar-refractivity contribution is 7.92. The van der Waals surface area contributed by atoms with Gasteiger partial charge in [0, 0.05) is 0 Å². The summed E-state index contributed by atoms with van der Waals surface area (Å²) >= 11 is 0. The molecule has 3 rings (SSSR count). The van der Waals surface area contributed by atoms with E-state index in [0.29, 0.717) is 5.75 Å². The SMILES string of the molecule is COc1ccc(S(=O)(=O)Nc2cc(C)ccc2C(=O)NC(C)c2ccccc2)cc1. The van der Waals surface area contributed by atoms with Gasteiger partial charge in [-0.15, -0.1) is 0 Å². The van der Waals surface area contributed by atoms with Crippen LogP contribution in [0.3, 0.4) is 0 Å². The second-order valence-electron chi connectivity index (χ2n) is 6.94. The molecule has 0 bridgehead atoms. The Balaban J connectivity index is 1.86. The molecule has 30 heavy (non-hydrogen) atoms. The number of amides is 1. The van der Waals surface area contributed by atoms with Crippen molar-refractivity contribution in [3.8, 4) is 5.75 Å². The lowest BCUT2D eigenvalue weighted by Gasteiger charge is -2.17. The fourth-order valence-corrected chi connectivity index (χ4v) is 4.07. The third-order valence-corrected chi connectivity index (χ3v) is 6.06. The first kappa shape index (κ1) is 21.4. The molecular weight excluding hydrogens is 400 g/mol. The van der Waals surface area contributed by atoms with Crippen LogP contribution in [-0.2, 0) is 10.0 Å². The van der Waals surface area contributed by atoms with Crippen molar-refractivity contribution in [1.82, 2.24) is 5.32 Å². The molecular formula is C23H24N2O4S. The fourth-order valence-electron chi connectivity index (χ4n) is 3.00. The Morgan fingerprint density at radius 3 is 2.27 bits per heavy atom. The molecule has 7 heteroatoms. The second-order valence-corrected chi connectivity index (χ2v) is 8.62. The van der Waals surface area contributed by atoms with Gasteiger partial charge in [0.2, 0.25) is 0 Å². The zero-order valence-electron chi connectivity index (χ0n) is 17.0. The molecule has 0 saturated heterocycles. The lowest BCUT2D eigenvalue weighted by molar-refractivity contribution is 0.0941. The number of hydrogen-bond donors (Lipinski definition) is 2. The largest absolute Gasteiger partial charge is 0.497 e. The van der Waals surface area contributed by atoms with Gasteiger partial charge in [0.25, 0.3) is 15.9 Å². The Labute approximate surface area is 177 Å². The summed E-state index contributed by atoms with van der Waals surface area (Å²) in [7, 11) is -2.37.